The van der Waals surface area contributed by atoms with Crippen LogP contribution in [0.15, 0.2) is 24.3 Å². The van der Waals surface area contributed by atoms with E-state index >= 15 is 0 Å². The number of hydrogen-bond acceptors (Lipinski definition) is 2. The lowest BCUT2D eigenvalue weighted by Gasteiger charge is -2.07. The van der Waals surface area contributed by atoms with Crippen molar-refractivity contribution in [1.82, 2.24) is 5.32 Å². The number of nitriles is 1. The third-order valence-corrected chi connectivity index (χ3v) is 2.39. The summed E-state index contributed by atoms with van der Waals surface area (Å²) in [5.74, 6) is 0.589. The van der Waals surface area contributed by atoms with Gasteiger partial charge in [-0.15, -0.1) is 0 Å². The summed E-state index contributed by atoms with van der Waals surface area (Å²) in [5, 5.41) is 11.6. The summed E-state index contributed by atoms with van der Waals surface area (Å²) in [7, 11) is 0. The molecule has 1 aromatic rings. The molecule has 1 rings (SSSR count). The molecule has 0 aliphatic carbocycles. The minimum absolute atomic E-state index is 0.573. The molecule has 1 aromatic carbocycles. The zero-order valence-corrected chi connectivity index (χ0v) is 9.46. The molecule has 0 amide bonds. The Kier molecular flexibility index (Phi) is 4.86. The van der Waals surface area contributed by atoms with Crippen molar-refractivity contribution >= 4 is 0 Å². The molecule has 2 heteroatoms. The van der Waals surface area contributed by atoms with Gasteiger partial charge in [0.2, 0.25) is 0 Å². The highest BCUT2D eigenvalue weighted by Crippen LogP contribution is 2.14. The van der Waals surface area contributed by atoms with Crippen molar-refractivity contribution in [2.45, 2.75) is 32.7 Å². The van der Waals surface area contributed by atoms with Gasteiger partial charge in [0, 0.05) is 19.5 Å². The van der Waals surface area contributed by atoms with Crippen molar-refractivity contribution < 1.29 is 0 Å². The minimum atomic E-state index is 0.573. The van der Waals surface area contributed by atoms with E-state index in [0.29, 0.717) is 12.3 Å². The Balaban J connectivity index is 2.40. The van der Waals surface area contributed by atoms with Gasteiger partial charge in [-0.2, -0.15) is 5.26 Å². The van der Waals surface area contributed by atoms with Gasteiger partial charge < -0.3 is 5.32 Å². The first-order valence-electron chi connectivity index (χ1n) is 5.40. The summed E-state index contributed by atoms with van der Waals surface area (Å²) < 4.78 is 0. The number of rotatable bonds is 5. The SMILES string of the molecule is CC(C)c1ccc(CNCCC#N)cc1. The molecule has 2 nitrogen and oxygen atoms in total. The second-order valence-corrected chi connectivity index (χ2v) is 3.98. The summed E-state index contributed by atoms with van der Waals surface area (Å²) in [4.78, 5) is 0. The van der Waals surface area contributed by atoms with Crippen LogP contribution in [0, 0.1) is 11.3 Å². The fourth-order valence-electron chi connectivity index (χ4n) is 1.40. The fraction of sp³-hybridized carbons (Fsp3) is 0.462. The molecule has 0 bridgehead atoms. The zero-order chi connectivity index (χ0) is 11.1. The van der Waals surface area contributed by atoms with E-state index in [9.17, 15) is 0 Å². The van der Waals surface area contributed by atoms with Gasteiger partial charge in [-0.1, -0.05) is 38.1 Å². The molecule has 0 saturated carbocycles. The number of hydrogen-bond donors (Lipinski definition) is 1. The zero-order valence-electron chi connectivity index (χ0n) is 9.46. The van der Waals surface area contributed by atoms with Crippen molar-refractivity contribution in [2.75, 3.05) is 6.54 Å². The van der Waals surface area contributed by atoms with Gasteiger partial charge in [-0.3, -0.25) is 0 Å². The highest BCUT2D eigenvalue weighted by molar-refractivity contribution is 5.24. The van der Waals surface area contributed by atoms with Crippen molar-refractivity contribution in [3.63, 3.8) is 0 Å². The Morgan fingerprint density at radius 3 is 2.47 bits per heavy atom. The Bertz CT molecular complexity index is 319. The summed E-state index contributed by atoms with van der Waals surface area (Å²) >= 11 is 0. The van der Waals surface area contributed by atoms with Crippen LogP contribution in [0.1, 0.15) is 37.3 Å². The van der Waals surface area contributed by atoms with Gasteiger partial charge in [0.15, 0.2) is 0 Å². The third-order valence-electron chi connectivity index (χ3n) is 2.39. The summed E-state index contributed by atoms with van der Waals surface area (Å²) in [5.41, 5.74) is 2.65. The molecular weight excluding hydrogens is 184 g/mol. The van der Waals surface area contributed by atoms with E-state index in [1.807, 2.05) is 0 Å². The van der Waals surface area contributed by atoms with Crippen LogP contribution in [0.4, 0.5) is 0 Å². The van der Waals surface area contributed by atoms with E-state index in [0.717, 1.165) is 13.1 Å². The molecule has 0 saturated heterocycles. The standard InChI is InChI=1S/C13H18N2/c1-11(2)13-6-4-12(5-7-13)10-15-9-3-8-14/h4-7,11,15H,3,9-10H2,1-2H3. The van der Waals surface area contributed by atoms with Crippen LogP contribution in [0.3, 0.4) is 0 Å². The van der Waals surface area contributed by atoms with Gasteiger partial charge in [0.25, 0.3) is 0 Å². The predicted molar refractivity (Wildman–Crippen MR) is 62.5 cm³/mol. The molecular formula is C13H18N2. The van der Waals surface area contributed by atoms with Crippen LogP contribution in [0.5, 0.6) is 0 Å². The Morgan fingerprint density at radius 2 is 1.93 bits per heavy atom. The van der Waals surface area contributed by atoms with Crippen LogP contribution in [0.25, 0.3) is 0 Å². The molecule has 0 fully saturated rings. The quantitative estimate of drug-likeness (QED) is 0.745. The maximum absolute atomic E-state index is 8.37. The maximum atomic E-state index is 8.37. The van der Waals surface area contributed by atoms with Gasteiger partial charge >= 0.3 is 0 Å². The molecule has 80 valence electrons. The molecule has 1 N–H and O–H groups in total. The van der Waals surface area contributed by atoms with Crippen LogP contribution >= 0.6 is 0 Å². The second kappa shape index (κ2) is 6.21. The van der Waals surface area contributed by atoms with E-state index in [4.69, 9.17) is 5.26 Å². The topological polar surface area (TPSA) is 35.8 Å². The molecule has 0 atom stereocenters. The average Bonchev–Trinajstić information content (AvgIpc) is 2.25. The lowest BCUT2D eigenvalue weighted by molar-refractivity contribution is 0.698. The molecule has 0 unspecified atom stereocenters. The van der Waals surface area contributed by atoms with E-state index in [1.165, 1.54) is 11.1 Å². The summed E-state index contributed by atoms with van der Waals surface area (Å²) in [6, 6.07) is 10.8. The highest BCUT2D eigenvalue weighted by Gasteiger charge is 1.98. The monoisotopic (exact) mass is 202 g/mol. The number of benzene rings is 1. The van der Waals surface area contributed by atoms with Crippen LogP contribution in [-0.4, -0.2) is 6.54 Å². The molecule has 15 heavy (non-hydrogen) atoms. The van der Waals surface area contributed by atoms with Crippen LogP contribution in [-0.2, 0) is 6.54 Å². The first-order valence-corrected chi connectivity index (χ1v) is 5.40. The lowest BCUT2D eigenvalue weighted by Crippen LogP contribution is -2.14. The van der Waals surface area contributed by atoms with Gasteiger partial charge in [-0.05, 0) is 17.0 Å². The van der Waals surface area contributed by atoms with E-state index in [-0.39, 0.29) is 0 Å². The summed E-state index contributed by atoms with van der Waals surface area (Å²) in [6.45, 7) is 6.00. The van der Waals surface area contributed by atoms with Gasteiger partial charge in [0.05, 0.1) is 6.07 Å². The Labute approximate surface area is 91.9 Å². The summed E-state index contributed by atoms with van der Waals surface area (Å²) in [6.07, 6.45) is 0.573. The van der Waals surface area contributed by atoms with Crippen molar-refractivity contribution in [1.29, 1.82) is 5.26 Å². The van der Waals surface area contributed by atoms with E-state index < -0.39 is 0 Å². The van der Waals surface area contributed by atoms with Crippen LogP contribution in [0.2, 0.25) is 0 Å². The number of nitrogens with one attached hydrogen (secondary N) is 1. The van der Waals surface area contributed by atoms with Gasteiger partial charge in [-0.25, -0.2) is 0 Å². The fourth-order valence-corrected chi connectivity index (χ4v) is 1.40. The predicted octanol–water partition coefficient (Wildman–Crippen LogP) is 2.81. The molecule has 0 heterocycles. The average molecular weight is 202 g/mol. The molecule has 0 spiro atoms. The van der Waals surface area contributed by atoms with E-state index in [1.54, 1.807) is 0 Å². The first kappa shape index (κ1) is 11.7. The van der Waals surface area contributed by atoms with Gasteiger partial charge in [0.1, 0.15) is 0 Å². The minimum Gasteiger partial charge on any atom is -0.312 e. The molecule has 0 radical (unpaired) electrons. The molecule has 0 aromatic heterocycles. The largest absolute Gasteiger partial charge is 0.312 e. The highest BCUT2D eigenvalue weighted by atomic mass is 14.8. The third kappa shape index (κ3) is 4.14. The number of nitrogens with zero attached hydrogens (tertiary/aromatic N) is 1. The van der Waals surface area contributed by atoms with Crippen LogP contribution < -0.4 is 5.32 Å². The lowest BCUT2D eigenvalue weighted by atomic mass is 10.0. The molecule has 0 aliphatic rings. The normalized spacial score (nSPS) is 10.3. The molecule has 0 aliphatic heterocycles. The van der Waals surface area contributed by atoms with Crippen molar-refractivity contribution in [2.24, 2.45) is 0 Å². The second-order valence-electron chi connectivity index (χ2n) is 3.98. The Morgan fingerprint density at radius 1 is 1.27 bits per heavy atom. The maximum Gasteiger partial charge on any atom is 0.0635 e. The Hall–Kier alpha value is -1.33. The van der Waals surface area contributed by atoms with Crippen molar-refractivity contribution in [3.8, 4) is 6.07 Å². The van der Waals surface area contributed by atoms with E-state index in [2.05, 4.69) is 49.5 Å². The first-order chi connectivity index (χ1) is 7.24. The van der Waals surface area contributed by atoms with Crippen molar-refractivity contribution in [3.05, 3.63) is 35.4 Å². The smallest absolute Gasteiger partial charge is 0.0635 e.